The molecule has 1 aromatic heterocycles. The summed E-state index contributed by atoms with van der Waals surface area (Å²) in [4.78, 5) is 4.61. The maximum Gasteiger partial charge on any atom is 0.125 e. The van der Waals surface area contributed by atoms with E-state index in [-0.39, 0.29) is 11.9 Å². The first-order valence-corrected chi connectivity index (χ1v) is 6.56. The SMILES string of the molecule is CC(N)c1cc2ccc(F)cc2nc1-c1ccccc1. The molecule has 0 saturated heterocycles. The summed E-state index contributed by atoms with van der Waals surface area (Å²) < 4.78 is 13.4. The number of hydrogen-bond acceptors (Lipinski definition) is 2. The number of nitrogens with zero attached hydrogens (tertiary/aromatic N) is 1. The average Bonchev–Trinajstić information content (AvgIpc) is 2.46. The molecule has 0 aliphatic carbocycles. The number of nitrogens with two attached hydrogens (primary N) is 1. The van der Waals surface area contributed by atoms with Crippen LogP contribution < -0.4 is 5.73 Å². The summed E-state index contributed by atoms with van der Waals surface area (Å²) in [6.07, 6.45) is 0. The Morgan fingerprint density at radius 1 is 1.05 bits per heavy atom. The van der Waals surface area contributed by atoms with Crippen LogP contribution in [0.3, 0.4) is 0 Å². The van der Waals surface area contributed by atoms with E-state index in [4.69, 9.17) is 5.73 Å². The first kappa shape index (κ1) is 12.8. The van der Waals surface area contributed by atoms with E-state index < -0.39 is 0 Å². The molecule has 0 radical (unpaired) electrons. The second-order valence-electron chi connectivity index (χ2n) is 4.92. The first-order valence-electron chi connectivity index (χ1n) is 6.56. The predicted octanol–water partition coefficient (Wildman–Crippen LogP) is 4.06. The Morgan fingerprint density at radius 2 is 1.80 bits per heavy atom. The normalized spacial score (nSPS) is 12.6. The number of pyridine rings is 1. The molecule has 0 saturated carbocycles. The van der Waals surface area contributed by atoms with Gasteiger partial charge in [0.2, 0.25) is 0 Å². The van der Waals surface area contributed by atoms with Crippen molar-refractivity contribution in [3.05, 3.63) is 66.0 Å². The number of hydrogen-bond donors (Lipinski definition) is 1. The lowest BCUT2D eigenvalue weighted by Gasteiger charge is -2.13. The van der Waals surface area contributed by atoms with Gasteiger partial charge in [0.1, 0.15) is 5.82 Å². The van der Waals surface area contributed by atoms with Gasteiger partial charge in [-0.2, -0.15) is 0 Å². The molecule has 0 amide bonds. The van der Waals surface area contributed by atoms with Gasteiger partial charge in [0.05, 0.1) is 11.2 Å². The van der Waals surface area contributed by atoms with Crippen LogP contribution in [0.1, 0.15) is 18.5 Å². The van der Waals surface area contributed by atoms with Gasteiger partial charge in [-0.05, 0) is 30.7 Å². The van der Waals surface area contributed by atoms with Crippen molar-refractivity contribution in [1.29, 1.82) is 0 Å². The van der Waals surface area contributed by atoms with Crippen LogP contribution in [0.5, 0.6) is 0 Å². The minimum atomic E-state index is -0.280. The van der Waals surface area contributed by atoms with Crippen LogP contribution >= 0.6 is 0 Å². The van der Waals surface area contributed by atoms with E-state index >= 15 is 0 Å². The second kappa shape index (κ2) is 5.02. The number of benzene rings is 2. The Hall–Kier alpha value is -2.26. The maximum atomic E-state index is 13.4. The Balaban J connectivity index is 2.30. The van der Waals surface area contributed by atoms with Gasteiger partial charge in [-0.15, -0.1) is 0 Å². The lowest BCUT2D eigenvalue weighted by atomic mass is 9.99. The molecular formula is C17H15FN2. The predicted molar refractivity (Wildman–Crippen MR) is 79.7 cm³/mol. The number of rotatable bonds is 2. The third-order valence-electron chi connectivity index (χ3n) is 3.35. The van der Waals surface area contributed by atoms with Crippen LogP contribution in [-0.2, 0) is 0 Å². The standard InChI is InChI=1S/C17H15FN2/c1-11(19)15-9-13-7-8-14(18)10-16(13)20-17(15)12-5-3-2-4-6-12/h2-11H,19H2,1H3. The highest BCUT2D eigenvalue weighted by Crippen LogP contribution is 2.29. The van der Waals surface area contributed by atoms with Crippen molar-refractivity contribution in [2.45, 2.75) is 13.0 Å². The Bertz CT molecular complexity index is 752. The lowest BCUT2D eigenvalue weighted by Crippen LogP contribution is -2.08. The van der Waals surface area contributed by atoms with Crippen molar-refractivity contribution < 1.29 is 4.39 Å². The highest BCUT2D eigenvalue weighted by Gasteiger charge is 2.12. The molecule has 1 heterocycles. The molecule has 3 aromatic rings. The molecule has 0 bridgehead atoms. The number of aromatic nitrogens is 1. The molecule has 20 heavy (non-hydrogen) atoms. The van der Waals surface area contributed by atoms with Crippen LogP contribution in [0, 0.1) is 5.82 Å². The highest BCUT2D eigenvalue weighted by atomic mass is 19.1. The maximum absolute atomic E-state index is 13.4. The van der Waals surface area contributed by atoms with Crippen molar-refractivity contribution >= 4 is 10.9 Å². The summed E-state index contributed by atoms with van der Waals surface area (Å²) in [5, 5.41) is 0.901. The van der Waals surface area contributed by atoms with Gasteiger partial charge in [0, 0.05) is 23.1 Å². The van der Waals surface area contributed by atoms with Gasteiger partial charge in [-0.25, -0.2) is 9.37 Å². The fourth-order valence-electron chi connectivity index (χ4n) is 2.33. The van der Waals surface area contributed by atoms with E-state index in [9.17, 15) is 4.39 Å². The molecule has 1 atom stereocenters. The molecule has 100 valence electrons. The number of fused-ring (bicyclic) bond motifs is 1. The van der Waals surface area contributed by atoms with Gasteiger partial charge in [0.25, 0.3) is 0 Å². The largest absolute Gasteiger partial charge is 0.324 e. The fourth-order valence-corrected chi connectivity index (χ4v) is 2.33. The number of halogens is 1. The van der Waals surface area contributed by atoms with Crippen LogP contribution in [0.2, 0.25) is 0 Å². The molecule has 0 aliphatic heterocycles. The fraction of sp³-hybridized carbons (Fsp3) is 0.118. The van der Waals surface area contributed by atoms with Gasteiger partial charge < -0.3 is 5.73 Å². The van der Waals surface area contributed by atoms with Gasteiger partial charge in [-0.3, -0.25) is 0 Å². The monoisotopic (exact) mass is 266 g/mol. The third kappa shape index (κ3) is 2.28. The Labute approximate surface area is 117 Å². The minimum Gasteiger partial charge on any atom is -0.324 e. The summed E-state index contributed by atoms with van der Waals surface area (Å²) in [5.74, 6) is -0.280. The van der Waals surface area contributed by atoms with E-state index in [1.165, 1.54) is 12.1 Å². The molecule has 2 nitrogen and oxygen atoms in total. The zero-order valence-electron chi connectivity index (χ0n) is 11.2. The molecule has 2 N–H and O–H groups in total. The zero-order chi connectivity index (χ0) is 14.1. The molecule has 3 heteroatoms. The molecule has 0 spiro atoms. The smallest absolute Gasteiger partial charge is 0.125 e. The van der Waals surface area contributed by atoms with Crippen molar-refractivity contribution in [3.8, 4) is 11.3 Å². The minimum absolute atomic E-state index is 0.132. The summed E-state index contributed by atoms with van der Waals surface area (Å²) >= 11 is 0. The van der Waals surface area contributed by atoms with E-state index in [1.807, 2.05) is 43.3 Å². The molecule has 3 rings (SSSR count). The summed E-state index contributed by atoms with van der Waals surface area (Å²) in [6.45, 7) is 1.93. The highest BCUT2D eigenvalue weighted by molar-refractivity contribution is 5.83. The van der Waals surface area contributed by atoms with Crippen molar-refractivity contribution in [2.24, 2.45) is 5.73 Å². The summed E-state index contributed by atoms with van der Waals surface area (Å²) in [5.41, 5.74) is 9.48. The van der Waals surface area contributed by atoms with Crippen molar-refractivity contribution in [1.82, 2.24) is 4.98 Å². The van der Waals surface area contributed by atoms with Gasteiger partial charge in [-0.1, -0.05) is 30.3 Å². The lowest BCUT2D eigenvalue weighted by molar-refractivity contribution is 0.629. The van der Waals surface area contributed by atoms with E-state index in [1.54, 1.807) is 6.07 Å². The van der Waals surface area contributed by atoms with E-state index in [0.717, 1.165) is 22.2 Å². The summed E-state index contributed by atoms with van der Waals surface area (Å²) in [7, 11) is 0. The molecule has 0 aliphatic rings. The third-order valence-corrected chi connectivity index (χ3v) is 3.35. The molecule has 1 unspecified atom stereocenters. The van der Waals surface area contributed by atoms with E-state index in [2.05, 4.69) is 4.98 Å². The van der Waals surface area contributed by atoms with Crippen LogP contribution in [0.25, 0.3) is 22.2 Å². The van der Waals surface area contributed by atoms with Gasteiger partial charge in [0.15, 0.2) is 0 Å². The van der Waals surface area contributed by atoms with Gasteiger partial charge >= 0.3 is 0 Å². The van der Waals surface area contributed by atoms with Crippen LogP contribution in [0.4, 0.5) is 4.39 Å². The topological polar surface area (TPSA) is 38.9 Å². The Kier molecular flexibility index (Phi) is 3.20. The summed E-state index contributed by atoms with van der Waals surface area (Å²) in [6, 6.07) is 16.3. The van der Waals surface area contributed by atoms with Crippen molar-refractivity contribution in [2.75, 3.05) is 0 Å². The van der Waals surface area contributed by atoms with Crippen LogP contribution in [0.15, 0.2) is 54.6 Å². The first-order chi connectivity index (χ1) is 9.65. The zero-order valence-corrected chi connectivity index (χ0v) is 11.2. The van der Waals surface area contributed by atoms with Crippen LogP contribution in [-0.4, -0.2) is 4.98 Å². The second-order valence-corrected chi connectivity index (χ2v) is 4.92. The molecule has 0 fully saturated rings. The Morgan fingerprint density at radius 3 is 2.50 bits per heavy atom. The van der Waals surface area contributed by atoms with E-state index in [0.29, 0.717) is 5.52 Å². The van der Waals surface area contributed by atoms with Crippen molar-refractivity contribution in [3.63, 3.8) is 0 Å². The quantitative estimate of drug-likeness (QED) is 0.759. The molecule has 2 aromatic carbocycles. The molecular weight excluding hydrogens is 251 g/mol. The average molecular weight is 266 g/mol.